The minimum absolute atomic E-state index is 0.0214. The number of phenolic OH excluding ortho intramolecular Hbond substituents is 1. The summed E-state index contributed by atoms with van der Waals surface area (Å²) >= 11 is 0. The van der Waals surface area contributed by atoms with Gasteiger partial charge < -0.3 is 14.9 Å². The van der Waals surface area contributed by atoms with Crippen molar-refractivity contribution in [3.8, 4) is 5.75 Å². The number of nitrogens with one attached hydrogen (secondary N) is 1. The Kier molecular flexibility index (Phi) is 3.76. The maximum atomic E-state index is 13.1. The van der Waals surface area contributed by atoms with E-state index in [0.717, 1.165) is 48.2 Å². The molecule has 1 fully saturated rings. The summed E-state index contributed by atoms with van der Waals surface area (Å²) < 4.78 is 0. The number of amides is 1. The van der Waals surface area contributed by atoms with E-state index in [-0.39, 0.29) is 17.2 Å². The highest BCUT2D eigenvalue weighted by Crippen LogP contribution is 2.48. The summed E-state index contributed by atoms with van der Waals surface area (Å²) in [7, 11) is 1.79. The van der Waals surface area contributed by atoms with Crippen LogP contribution >= 0.6 is 0 Å². The molecule has 7 nitrogen and oxygen atoms in total. The molecule has 2 aliphatic heterocycles. The van der Waals surface area contributed by atoms with Gasteiger partial charge in [-0.15, -0.1) is 0 Å². The topological polar surface area (TPSA) is 89.5 Å². The van der Waals surface area contributed by atoms with Crippen LogP contribution < -0.4 is 15.4 Å². The van der Waals surface area contributed by atoms with Gasteiger partial charge in [0.15, 0.2) is 0 Å². The smallest absolute Gasteiger partial charge is 0.255 e. The van der Waals surface area contributed by atoms with Crippen LogP contribution in [0.3, 0.4) is 0 Å². The normalized spacial score (nSPS) is 20.4. The Morgan fingerprint density at radius 1 is 1.14 bits per heavy atom. The number of carbonyl (C=O) groups excluding carboxylic acids is 1. The molecule has 0 unspecified atom stereocenters. The first-order valence-corrected chi connectivity index (χ1v) is 9.98. The predicted molar refractivity (Wildman–Crippen MR) is 106 cm³/mol. The third-order valence-electron chi connectivity index (χ3n) is 6.67. The minimum Gasteiger partial charge on any atom is -0.508 e. The number of carbonyl (C=O) groups is 1. The molecular formula is C21H24N4O3. The summed E-state index contributed by atoms with van der Waals surface area (Å²) in [6.45, 7) is 1.27. The molecule has 3 heterocycles. The van der Waals surface area contributed by atoms with Crippen LogP contribution in [0.25, 0.3) is 0 Å². The number of hydrogen-bond acceptors (Lipinski definition) is 5. The van der Waals surface area contributed by atoms with Crippen LogP contribution in [0.2, 0.25) is 0 Å². The zero-order valence-electron chi connectivity index (χ0n) is 16.0. The average molecular weight is 380 g/mol. The molecule has 3 aliphatic rings. The van der Waals surface area contributed by atoms with Gasteiger partial charge in [0.2, 0.25) is 11.9 Å². The van der Waals surface area contributed by atoms with Crippen molar-refractivity contribution in [2.75, 3.05) is 29.9 Å². The van der Waals surface area contributed by atoms with E-state index in [2.05, 4.69) is 9.88 Å². The van der Waals surface area contributed by atoms with Gasteiger partial charge in [0, 0.05) is 31.4 Å². The fourth-order valence-corrected chi connectivity index (χ4v) is 5.07. The van der Waals surface area contributed by atoms with Gasteiger partial charge in [-0.25, -0.2) is 4.98 Å². The number of phenols is 1. The lowest BCUT2D eigenvalue weighted by Gasteiger charge is -2.38. The molecule has 0 radical (unpaired) electrons. The molecule has 0 bridgehead atoms. The molecule has 1 aromatic carbocycles. The van der Waals surface area contributed by atoms with Crippen molar-refractivity contribution >= 4 is 17.5 Å². The van der Waals surface area contributed by atoms with Gasteiger partial charge in [-0.05, 0) is 62.3 Å². The van der Waals surface area contributed by atoms with E-state index >= 15 is 0 Å². The Morgan fingerprint density at radius 3 is 2.68 bits per heavy atom. The van der Waals surface area contributed by atoms with Crippen molar-refractivity contribution in [1.82, 2.24) is 9.97 Å². The minimum atomic E-state index is -0.603. The third kappa shape index (κ3) is 2.38. The van der Waals surface area contributed by atoms with Crippen molar-refractivity contribution < 1.29 is 9.90 Å². The van der Waals surface area contributed by atoms with Gasteiger partial charge >= 0.3 is 0 Å². The van der Waals surface area contributed by atoms with Gasteiger partial charge in [0.05, 0.1) is 11.1 Å². The van der Waals surface area contributed by atoms with Crippen LogP contribution in [-0.2, 0) is 23.1 Å². The van der Waals surface area contributed by atoms with Crippen LogP contribution in [0, 0.1) is 0 Å². The molecule has 2 aromatic rings. The molecule has 1 saturated heterocycles. The Balaban J connectivity index is 1.45. The molecule has 0 saturated carbocycles. The van der Waals surface area contributed by atoms with Crippen molar-refractivity contribution in [2.24, 2.45) is 0 Å². The van der Waals surface area contributed by atoms with Crippen molar-refractivity contribution in [3.05, 3.63) is 45.4 Å². The van der Waals surface area contributed by atoms with Crippen LogP contribution in [0.1, 0.15) is 42.5 Å². The number of aromatic amines is 1. The molecule has 1 aliphatic carbocycles. The first-order valence-electron chi connectivity index (χ1n) is 9.98. The second-order valence-electron chi connectivity index (χ2n) is 8.16. The number of likely N-dealkylation sites (N-methyl/N-ethyl adjacent to an activating group) is 1. The average Bonchev–Trinajstić information content (AvgIpc) is 2.90. The summed E-state index contributed by atoms with van der Waals surface area (Å²) in [5, 5.41) is 9.97. The zero-order chi connectivity index (χ0) is 19.5. The lowest BCUT2D eigenvalue weighted by atomic mass is 9.73. The van der Waals surface area contributed by atoms with Crippen molar-refractivity contribution in [2.45, 2.75) is 43.9 Å². The Bertz CT molecular complexity index is 1020. The molecule has 1 spiro atoms. The van der Waals surface area contributed by atoms with Gasteiger partial charge in [-0.2, -0.15) is 0 Å². The lowest BCUT2D eigenvalue weighted by molar-refractivity contribution is -0.123. The fraction of sp³-hybridized carbons (Fsp3) is 0.476. The number of rotatable bonds is 1. The Labute approximate surface area is 163 Å². The van der Waals surface area contributed by atoms with Gasteiger partial charge in [0.25, 0.3) is 5.56 Å². The Morgan fingerprint density at radius 2 is 1.89 bits per heavy atom. The summed E-state index contributed by atoms with van der Waals surface area (Å²) in [5.41, 5.74) is 2.92. The van der Waals surface area contributed by atoms with Crippen molar-refractivity contribution in [3.63, 3.8) is 0 Å². The molecule has 1 amide bonds. The number of aryl methyl sites for hydroxylation is 1. The number of aromatic nitrogens is 2. The molecular weight excluding hydrogens is 356 g/mol. The van der Waals surface area contributed by atoms with E-state index in [1.807, 2.05) is 6.07 Å². The van der Waals surface area contributed by atoms with E-state index in [1.54, 1.807) is 24.1 Å². The standard InChI is InChI=1S/C21H24N4O3/c1-24-17-7-6-13(26)12-15(17)21(19(24)28)8-10-25(11-9-21)20-22-16-5-3-2-4-14(16)18(27)23-20/h6-7,12,26H,2-5,8-11H2,1H3,(H,22,23,27). The van der Waals surface area contributed by atoms with E-state index in [4.69, 9.17) is 4.98 Å². The summed E-state index contributed by atoms with van der Waals surface area (Å²) in [4.78, 5) is 37.0. The summed E-state index contributed by atoms with van der Waals surface area (Å²) in [5.74, 6) is 0.888. The lowest BCUT2D eigenvalue weighted by Crippen LogP contribution is -2.49. The number of aromatic hydroxyl groups is 1. The van der Waals surface area contributed by atoms with Crippen LogP contribution in [0.15, 0.2) is 23.0 Å². The third-order valence-corrected chi connectivity index (χ3v) is 6.67. The Hall–Kier alpha value is -2.83. The molecule has 28 heavy (non-hydrogen) atoms. The number of piperidine rings is 1. The maximum Gasteiger partial charge on any atom is 0.255 e. The van der Waals surface area contributed by atoms with Gasteiger partial charge in [-0.1, -0.05) is 0 Å². The molecule has 0 atom stereocenters. The highest BCUT2D eigenvalue weighted by atomic mass is 16.3. The molecule has 7 heteroatoms. The highest BCUT2D eigenvalue weighted by molar-refractivity contribution is 6.08. The SMILES string of the molecule is CN1C(=O)C2(CCN(c3nc4c(c(=O)[nH]3)CCCC4)CC2)c2cc(O)ccc21. The predicted octanol–water partition coefficient (Wildman–Crippen LogP) is 1.87. The first kappa shape index (κ1) is 17.3. The maximum absolute atomic E-state index is 13.1. The molecule has 5 rings (SSSR count). The van der Waals surface area contributed by atoms with Crippen molar-refractivity contribution in [1.29, 1.82) is 0 Å². The number of benzene rings is 1. The second-order valence-corrected chi connectivity index (χ2v) is 8.16. The first-order chi connectivity index (χ1) is 13.5. The number of H-pyrrole nitrogens is 1. The number of nitrogens with zero attached hydrogens (tertiary/aromatic N) is 3. The molecule has 2 N–H and O–H groups in total. The van der Waals surface area contributed by atoms with Crippen LogP contribution in [0.5, 0.6) is 5.75 Å². The van der Waals surface area contributed by atoms with Gasteiger partial charge in [-0.3, -0.25) is 14.6 Å². The summed E-state index contributed by atoms with van der Waals surface area (Å²) in [6.07, 6.45) is 5.06. The fourth-order valence-electron chi connectivity index (χ4n) is 5.07. The molecule has 1 aromatic heterocycles. The number of anilines is 2. The van der Waals surface area contributed by atoms with Gasteiger partial charge in [0.1, 0.15) is 5.75 Å². The summed E-state index contributed by atoms with van der Waals surface area (Å²) in [6, 6.07) is 5.16. The van der Waals surface area contributed by atoms with E-state index in [1.165, 1.54) is 0 Å². The molecule has 146 valence electrons. The van der Waals surface area contributed by atoms with E-state index in [9.17, 15) is 14.7 Å². The monoisotopic (exact) mass is 380 g/mol. The largest absolute Gasteiger partial charge is 0.508 e. The van der Waals surface area contributed by atoms with Crippen LogP contribution in [0.4, 0.5) is 11.6 Å². The highest BCUT2D eigenvalue weighted by Gasteiger charge is 2.51. The van der Waals surface area contributed by atoms with Crippen LogP contribution in [-0.4, -0.2) is 41.1 Å². The van der Waals surface area contributed by atoms with E-state index in [0.29, 0.717) is 31.9 Å². The zero-order valence-corrected chi connectivity index (χ0v) is 16.0. The quantitative estimate of drug-likeness (QED) is 0.788. The number of fused-ring (bicyclic) bond motifs is 3. The van der Waals surface area contributed by atoms with E-state index < -0.39 is 5.41 Å². The second kappa shape index (κ2) is 6.09. The number of hydrogen-bond donors (Lipinski definition) is 2.